The van der Waals surface area contributed by atoms with Gasteiger partial charge in [-0.2, -0.15) is 0 Å². The first-order chi connectivity index (χ1) is 8.91. The van der Waals surface area contributed by atoms with E-state index in [1.54, 1.807) is 21.1 Å². The first kappa shape index (κ1) is 15.2. The van der Waals surface area contributed by atoms with Gasteiger partial charge in [0.25, 0.3) is 0 Å². The van der Waals surface area contributed by atoms with Gasteiger partial charge in [-0.3, -0.25) is 9.59 Å². The Morgan fingerprint density at radius 2 is 1.74 bits per heavy atom. The second-order valence-corrected chi connectivity index (χ2v) is 4.78. The Morgan fingerprint density at radius 3 is 2.26 bits per heavy atom. The minimum Gasteiger partial charge on any atom is -0.347 e. The lowest BCUT2D eigenvalue weighted by molar-refractivity contribution is -0.138. The summed E-state index contributed by atoms with van der Waals surface area (Å²) in [6, 6.07) is 8.97. The van der Waals surface area contributed by atoms with E-state index in [0.717, 1.165) is 5.56 Å². The van der Waals surface area contributed by atoms with Crippen LogP contribution in [0.3, 0.4) is 0 Å². The number of nitrogens with two attached hydrogens (primary N) is 1. The molecular formula is C14H21N3O2. The van der Waals surface area contributed by atoms with Crippen molar-refractivity contribution < 1.29 is 9.59 Å². The molecule has 0 bridgehead atoms. The second kappa shape index (κ2) is 6.89. The molecule has 0 saturated carbocycles. The molecule has 19 heavy (non-hydrogen) atoms. The molecule has 5 heteroatoms. The van der Waals surface area contributed by atoms with Crippen LogP contribution < -0.4 is 5.73 Å². The van der Waals surface area contributed by atoms with Gasteiger partial charge in [0, 0.05) is 21.1 Å². The van der Waals surface area contributed by atoms with Gasteiger partial charge in [-0.1, -0.05) is 30.3 Å². The number of likely N-dealkylation sites (N-methyl/N-ethyl adjacent to an activating group) is 2. The van der Waals surface area contributed by atoms with Gasteiger partial charge in [-0.05, 0) is 12.0 Å². The molecule has 1 aromatic rings. The fourth-order valence-corrected chi connectivity index (χ4v) is 1.66. The smallest absolute Gasteiger partial charge is 0.241 e. The molecule has 0 saturated heterocycles. The van der Waals surface area contributed by atoms with E-state index in [-0.39, 0.29) is 18.4 Å². The minimum atomic E-state index is -0.623. The van der Waals surface area contributed by atoms with Crippen LogP contribution in [0.5, 0.6) is 0 Å². The third-order valence-corrected chi connectivity index (χ3v) is 2.86. The van der Waals surface area contributed by atoms with Crippen LogP contribution in [0.25, 0.3) is 0 Å². The quantitative estimate of drug-likeness (QED) is 0.819. The first-order valence-corrected chi connectivity index (χ1v) is 6.16. The van der Waals surface area contributed by atoms with Gasteiger partial charge in [0.2, 0.25) is 11.8 Å². The Labute approximate surface area is 114 Å². The van der Waals surface area contributed by atoms with E-state index in [1.807, 2.05) is 30.3 Å². The molecule has 2 N–H and O–H groups in total. The monoisotopic (exact) mass is 263 g/mol. The van der Waals surface area contributed by atoms with Crippen molar-refractivity contribution >= 4 is 11.8 Å². The van der Waals surface area contributed by atoms with Crippen LogP contribution in [-0.4, -0.2) is 55.3 Å². The van der Waals surface area contributed by atoms with Gasteiger partial charge in [0.15, 0.2) is 0 Å². The van der Waals surface area contributed by atoms with Crippen LogP contribution in [0.1, 0.15) is 5.56 Å². The molecule has 0 radical (unpaired) electrons. The lowest BCUT2D eigenvalue weighted by Crippen LogP contribution is -2.46. The van der Waals surface area contributed by atoms with E-state index >= 15 is 0 Å². The van der Waals surface area contributed by atoms with Crippen molar-refractivity contribution in [3.63, 3.8) is 0 Å². The Kier molecular flexibility index (Phi) is 5.51. The predicted octanol–water partition coefficient (Wildman–Crippen LogP) is 0.103. The molecule has 2 amide bonds. The number of carbonyl (C=O) groups excluding carboxylic acids is 2. The van der Waals surface area contributed by atoms with Crippen molar-refractivity contribution in [1.82, 2.24) is 9.80 Å². The molecule has 0 aliphatic carbocycles. The molecule has 1 atom stereocenters. The summed E-state index contributed by atoms with van der Waals surface area (Å²) in [6.45, 7) is 0.0499. The van der Waals surface area contributed by atoms with E-state index in [4.69, 9.17) is 5.73 Å². The van der Waals surface area contributed by atoms with E-state index < -0.39 is 6.04 Å². The molecule has 104 valence electrons. The zero-order valence-corrected chi connectivity index (χ0v) is 11.7. The summed E-state index contributed by atoms with van der Waals surface area (Å²) >= 11 is 0. The average molecular weight is 263 g/mol. The van der Waals surface area contributed by atoms with Gasteiger partial charge in [-0.15, -0.1) is 0 Å². The summed E-state index contributed by atoms with van der Waals surface area (Å²) in [4.78, 5) is 26.4. The number of rotatable bonds is 5. The molecular weight excluding hydrogens is 242 g/mol. The number of nitrogens with zero attached hydrogens (tertiary/aromatic N) is 2. The standard InChI is InChI=1S/C14H21N3O2/c1-16(2)13(18)10-17(3)14(19)12(15)9-11-7-5-4-6-8-11/h4-8,12H,9-10,15H2,1-3H3/t12-/m0/s1. The summed E-state index contributed by atoms with van der Waals surface area (Å²) in [6.07, 6.45) is 0.472. The first-order valence-electron chi connectivity index (χ1n) is 6.16. The second-order valence-electron chi connectivity index (χ2n) is 4.78. The number of hydrogen-bond acceptors (Lipinski definition) is 3. The Hall–Kier alpha value is -1.88. The maximum Gasteiger partial charge on any atom is 0.241 e. The molecule has 0 aliphatic heterocycles. The minimum absolute atomic E-state index is 0.0499. The molecule has 0 spiro atoms. The number of hydrogen-bond donors (Lipinski definition) is 1. The predicted molar refractivity (Wildman–Crippen MR) is 74.5 cm³/mol. The highest BCUT2D eigenvalue weighted by Gasteiger charge is 2.20. The van der Waals surface area contributed by atoms with Gasteiger partial charge < -0.3 is 15.5 Å². The van der Waals surface area contributed by atoms with Crippen molar-refractivity contribution in [2.75, 3.05) is 27.7 Å². The summed E-state index contributed by atoms with van der Waals surface area (Å²) in [5.41, 5.74) is 6.90. The highest BCUT2D eigenvalue weighted by molar-refractivity contribution is 5.87. The van der Waals surface area contributed by atoms with Crippen LogP contribution in [0.2, 0.25) is 0 Å². The number of carbonyl (C=O) groups is 2. The maximum absolute atomic E-state index is 12.0. The van der Waals surface area contributed by atoms with Crippen LogP contribution in [-0.2, 0) is 16.0 Å². The molecule has 0 heterocycles. The van der Waals surface area contributed by atoms with Gasteiger partial charge in [-0.25, -0.2) is 0 Å². The van der Waals surface area contributed by atoms with Crippen LogP contribution in [0.15, 0.2) is 30.3 Å². The van der Waals surface area contributed by atoms with E-state index in [2.05, 4.69) is 0 Å². The zero-order valence-electron chi connectivity index (χ0n) is 11.7. The van der Waals surface area contributed by atoms with Gasteiger partial charge in [0.05, 0.1) is 12.6 Å². The summed E-state index contributed by atoms with van der Waals surface area (Å²) < 4.78 is 0. The van der Waals surface area contributed by atoms with Gasteiger partial charge >= 0.3 is 0 Å². The molecule has 0 aromatic heterocycles. The molecule has 1 aromatic carbocycles. The average Bonchev–Trinajstić information content (AvgIpc) is 2.38. The summed E-state index contributed by atoms with van der Waals surface area (Å²) in [5.74, 6) is -0.346. The normalized spacial score (nSPS) is 11.8. The molecule has 1 rings (SSSR count). The fourth-order valence-electron chi connectivity index (χ4n) is 1.66. The molecule has 0 fully saturated rings. The summed E-state index contributed by atoms with van der Waals surface area (Å²) in [5, 5.41) is 0. The highest BCUT2D eigenvalue weighted by Crippen LogP contribution is 2.03. The van der Waals surface area contributed by atoms with Crippen molar-refractivity contribution in [3.05, 3.63) is 35.9 Å². The zero-order chi connectivity index (χ0) is 14.4. The van der Waals surface area contributed by atoms with Crippen molar-refractivity contribution in [2.45, 2.75) is 12.5 Å². The fraction of sp³-hybridized carbons (Fsp3) is 0.429. The largest absolute Gasteiger partial charge is 0.347 e. The molecule has 0 unspecified atom stereocenters. The number of amides is 2. The SMILES string of the molecule is CN(C)C(=O)CN(C)C(=O)[C@@H](N)Cc1ccccc1. The van der Waals surface area contributed by atoms with Gasteiger partial charge in [0.1, 0.15) is 0 Å². The topological polar surface area (TPSA) is 66.6 Å². The summed E-state index contributed by atoms with van der Waals surface area (Å²) in [7, 11) is 4.91. The Morgan fingerprint density at radius 1 is 1.16 bits per heavy atom. The van der Waals surface area contributed by atoms with E-state index in [1.165, 1.54) is 9.80 Å². The van der Waals surface area contributed by atoms with Crippen LogP contribution in [0, 0.1) is 0 Å². The Balaban J connectivity index is 2.54. The van der Waals surface area contributed by atoms with Crippen LogP contribution in [0.4, 0.5) is 0 Å². The molecule has 5 nitrogen and oxygen atoms in total. The van der Waals surface area contributed by atoms with E-state index in [9.17, 15) is 9.59 Å². The van der Waals surface area contributed by atoms with Crippen molar-refractivity contribution in [2.24, 2.45) is 5.73 Å². The third kappa shape index (κ3) is 4.71. The third-order valence-electron chi connectivity index (χ3n) is 2.86. The van der Waals surface area contributed by atoms with Crippen LogP contribution >= 0.6 is 0 Å². The highest BCUT2D eigenvalue weighted by atomic mass is 16.2. The number of benzene rings is 1. The van der Waals surface area contributed by atoms with Crippen molar-refractivity contribution in [3.8, 4) is 0 Å². The lowest BCUT2D eigenvalue weighted by Gasteiger charge is -2.22. The lowest BCUT2D eigenvalue weighted by atomic mass is 10.1. The molecule has 0 aliphatic rings. The Bertz CT molecular complexity index is 432. The van der Waals surface area contributed by atoms with E-state index in [0.29, 0.717) is 6.42 Å². The van der Waals surface area contributed by atoms with Crippen molar-refractivity contribution in [1.29, 1.82) is 0 Å². The maximum atomic E-state index is 12.0.